The number of halogens is 2. The average Bonchev–Trinajstić information content (AvgIpc) is 2.23. The smallest absolute Gasteiger partial charge is 0.0616 e. The topological polar surface area (TPSA) is 0 Å². The molecule has 3 radical (unpaired) electrons. The molecule has 0 aliphatic rings. The molecule has 69 valence electrons. The fraction of sp³-hybridized carbons (Fsp3) is 0.0909. The largest absolute Gasteiger partial charge is 0.0724 e. The van der Waals surface area contributed by atoms with Crippen LogP contribution in [0.5, 0.6) is 0 Å². The van der Waals surface area contributed by atoms with Gasteiger partial charge in [-0.15, -0.1) is 0 Å². The molecule has 0 N–H and O–H groups in total. The maximum absolute atomic E-state index is 3.67. The van der Waals surface area contributed by atoms with Crippen molar-refractivity contribution in [3.8, 4) is 0 Å². The molecule has 0 atom stereocenters. The first kappa shape index (κ1) is 10.4. The Morgan fingerprint density at radius 1 is 1.00 bits per heavy atom. The van der Waals surface area contributed by atoms with Crippen molar-refractivity contribution in [3.63, 3.8) is 0 Å². The first-order valence-electron chi connectivity index (χ1n) is 4.21. The maximum atomic E-state index is 3.67. The number of benzene rings is 2. The second kappa shape index (κ2) is 3.80. The van der Waals surface area contributed by atoms with Crippen LogP contribution in [0.25, 0.3) is 10.8 Å². The van der Waals surface area contributed by atoms with Crippen LogP contribution in [-0.2, 0) is 0 Å². The summed E-state index contributed by atoms with van der Waals surface area (Å²) in [6.07, 6.45) is 0. The normalized spacial score (nSPS) is 10.9. The Labute approximate surface area is 103 Å². The van der Waals surface area contributed by atoms with Gasteiger partial charge in [-0.1, -0.05) is 29.5 Å². The maximum Gasteiger partial charge on any atom is 0.0724 e. The van der Waals surface area contributed by atoms with E-state index < -0.39 is 0 Å². The van der Waals surface area contributed by atoms with Crippen molar-refractivity contribution in [2.24, 2.45) is 0 Å². The number of hydrogen-bond acceptors (Lipinski definition) is 0. The SMILES string of the molecule is Cc1c(Br)c(Br)c2ccccc2c1[Si]. The van der Waals surface area contributed by atoms with Gasteiger partial charge >= 0.3 is 0 Å². The van der Waals surface area contributed by atoms with E-state index >= 15 is 0 Å². The Bertz CT molecular complexity index is 460. The zero-order valence-corrected chi connectivity index (χ0v) is 11.7. The lowest BCUT2D eigenvalue weighted by atomic mass is 10.1. The minimum atomic E-state index is 1.11. The number of rotatable bonds is 0. The molecule has 2 aromatic carbocycles. The first-order chi connectivity index (χ1) is 6.63. The molecule has 14 heavy (non-hydrogen) atoms. The fourth-order valence-corrected chi connectivity index (χ4v) is 3.07. The zero-order valence-electron chi connectivity index (χ0n) is 7.57. The quantitative estimate of drug-likeness (QED) is 0.650. The van der Waals surface area contributed by atoms with Gasteiger partial charge in [0.1, 0.15) is 0 Å². The number of fused-ring (bicyclic) bond motifs is 1. The molecule has 0 aliphatic carbocycles. The highest BCUT2D eigenvalue weighted by Crippen LogP contribution is 2.32. The van der Waals surface area contributed by atoms with E-state index in [0.29, 0.717) is 0 Å². The van der Waals surface area contributed by atoms with Gasteiger partial charge in [-0.3, -0.25) is 0 Å². The van der Waals surface area contributed by atoms with E-state index in [1.54, 1.807) is 0 Å². The van der Waals surface area contributed by atoms with E-state index in [1.165, 1.54) is 16.3 Å². The Morgan fingerprint density at radius 2 is 1.57 bits per heavy atom. The van der Waals surface area contributed by atoms with E-state index in [1.807, 2.05) is 12.1 Å². The predicted molar refractivity (Wildman–Crippen MR) is 69.5 cm³/mol. The molecule has 0 aliphatic heterocycles. The zero-order chi connectivity index (χ0) is 10.3. The van der Waals surface area contributed by atoms with Gasteiger partial charge in [0.05, 0.1) is 10.2 Å². The van der Waals surface area contributed by atoms with Crippen LogP contribution in [0.1, 0.15) is 5.56 Å². The second-order valence-electron chi connectivity index (χ2n) is 3.17. The predicted octanol–water partition coefficient (Wildman–Crippen LogP) is 3.47. The summed E-state index contributed by atoms with van der Waals surface area (Å²) in [5.74, 6) is 0. The summed E-state index contributed by atoms with van der Waals surface area (Å²) in [5, 5.41) is 3.60. The van der Waals surface area contributed by atoms with Crippen molar-refractivity contribution in [2.45, 2.75) is 6.92 Å². The Hall–Kier alpha value is -0.123. The lowest BCUT2D eigenvalue weighted by Gasteiger charge is -2.11. The van der Waals surface area contributed by atoms with Crippen molar-refractivity contribution >= 4 is 58.1 Å². The van der Waals surface area contributed by atoms with Crippen molar-refractivity contribution in [1.29, 1.82) is 0 Å². The molecule has 0 bridgehead atoms. The molecular formula is C11H7Br2Si. The molecule has 0 saturated heterocycles. The highest BCUT2D eigenvalue weighted by Gasteiger charge is 2.09. The lowest BCUT2D eigenvalue weighted by Crippen LogP contribution is -2.10. The molecule has 0 saturated carbocycles. The molecule has 0 spiro atoms. The van der Waals surface area contributed by atoms with Crippen LogP contribution in [-0.4, -0.2) is 10.2 Å². The van der Waals surface area contributed by atoms with Gasteiger partial charge in [0.15, 0.2) is 0 Å². The molecule has 0 fully saturated rings. The van der Waals surface area contributed by atoms with E-state index in [4.69, 9.17) is 0 Å². The molecule has 0 aromatic heterocycles. The molecule has 2 rings (SSSR count). The Morgan fingerprint density at radius 3 is 2.21 bits per heavy atom. The summed E-state index contributed by atoms with van der Waals surface area (Å²) < 4.78 is 2.23. The molecular weight excluding hydrogens is 320 g/mol. The van der Waals surface area contributed by atoms with Gasteiger partial charge in [-0.25, -0.2) is 0 Å². The third-order valence-corrected chi connectivity index (χ3v) is 5.32. The van der Waals surface area contributed by atoms with Gasteiger partial charge < -0.3 is 0 Å². The summed E-state index contributed by atoms with van der Waals surface area (Å²) in [6.45, 7) is 2.09. The average molecular weight is 327 g/mol. The summed E-state index contributed by atoms with van der Waals surface area (Å²) >= 11 is 7.17. The van der Waals surface area contributed by atoms with Gasteiger partial charge in [0.2, 0.25) is 0 Å². The van der Waals surface area contributed by atoms with Gasteiger partial charge in [0.25, 0.3) is 0 Å². The third kappa shape index (κ3) is 1.47. The summed E-state index contributed by atoms with van der Waals surface area (Å²) in [7, 11) is 3.67. The number of hydrogen-bond donors (Lipinski definition) is 0. The molecule has 3 heteroatoms. The Balaban J connectivity index is 3.02. The highest BCUT2D eigenvalue weighted by atomic mass is 79.9. The summed E-state index contributed by atoms with van der Waals surface area (Å²) in [5.41, 5.74) is 1.22. The van der Waals surface area contributed by atoms with Crippen LogP contribution < -0.4 is 5.19 Å². The van der Waals surface area contributed by atoms with Gasteiger partial charge in [-0.05, 0) is 55.1 Å². The monoisotopic (exact) mass is 325 g/mol. The van der Waals surface area contributed by atoms with Crippen LogP contribution in [0.15, 0.2) is 33.2 Å². The lowest BCUT2D eigenvalue weighted by molar-refractivity contribution is 1.47. The van der Waals surface area contributed by atoms with Crippen LogP contribution in [0.4, 0.5) is 0 Å². The van der Waals surface area contributed by atoms with Crippen molar-refractivity contribution < 1.29 is 0 Å². The summed E-state index contributed by atoms with van der Waals surface area (Å²) in [6, 6.07) is 8.31. The second-order valence-corrected chi connectivity index (χ2v) is 5.26. The standard InChI is InChI=1S/C11H7Br2Si/c1-6-9(12)10(13)7-4-2-3-5-8(7)11(6)14/h2-5H,1H3. The molecule has 0 nitrogen and oxygen atoms in total. The summed E-state index contributed by atoms with van der Waals surface area (Å²) in [4.78, 5) is 0. The van der Waals surface area contributed by atoms with Crippen LogP contribution in [0.2, 0.25) is 0 Å². The molecule has 0 unspecified atom stereocenters. The molecule has 0 amide bonds. The minimum absolute atomic E-state index is 1.11. The molecule has 0 heterocycles. The van der Waals surface area contributed by atoms with E-state index in [0.717, 1.165) is 14.1 Å². The minimum Gasteiger partial charge on any atom is -0.0616 e. The first-order valence-corrected chi connectivity index (χ1v) is 6.29. The highest BCUT2D eigenvalue weighted by molar-refractivity contribution is 9.13. The Kier molecular flexibility index (Phi) is 2.82. The van der Waals surface area contributed by atoms with Crippen molar-refractivity contribution in [3.05, 3.63) is 38.8 Å². The van der Waals surface area contributed by atoms with E-state index in [2.05, 4.69) is 61.2 Å². The third-order valence-electron chi connectivity index (χ3n) is 2.33. The van der Waals surface area contributed by atoms with Crippen LogP contribution in [0.3, 0.4) is 0 Å². The molecule has 2 aromatic rings. The van der Waals surface area contributed by atoms with E-state index in [9.17, 15) is 0 Å². The fourth-order valence-electron chi connectivity index (χ4n) is 1.49. The van der Waals surface area contributed by atoms with Crippen molar-refractivity contribution in [2.75, 3.05) is 0 Å². The van der Waals surface area contributed by atoms with E-state index in [-0.39, 0.29) is 0 Å². The van der Waals surface area contributed by atoms with Crippen molar-refractivity contribution in [1.82, 2.24) is 0 Å². The van der Waals surface area contributed by atoms with Gasteiger partial charge in [0, 0.05) is 8.95 Å². The van der Waals surface area contributed by atoms with Gasteiger partial charge in [-0.2, -0.15) is 0 Å². The van der Waals surface area contributed by atoms with Crippen LogP contribution in [0, 0.1) is 6.92 Å². The van der Waals surface area contributed by atoms with Crippen LogP contribution >= 0.6 is 31.9 Å².